The first-order chi connectivity index (χ1) is 26.3. The second-order valence-electron chi connectivity index (χ2n) is 18.4. The summed E-state index contributed by atoms with van der Waals surface area (Å²) in [6.07, 6.45) is 15.7. The molecule has 0 amide bonds. The van der Waals surface area contributed by atoms with Crippen LogP contribution in [0.2, 0.25) is 0 Å². The Morgan fingerprint density at radius 2 is 1.20 bits per heavy atom. The van der Waals surface area contributed by atoms with Gasteiger partial charge >= 0.3 is 23.9 Å². The van der Waals surface area contributed by atoms with Gasteiger partial charge in [0.2, 0.25) is 0 Å². The Bertz CT molecular complexity index is 1270. The molecule has 4 fully saturated rings. The fourth-order valence-corrected chi connectivity index (χ4v) is 12.2. The molecule has 4 rings (SSSR count). The Morgan fingerprint density at radius 3 is 1.80 bits per heavy atom. The van der Waals surface area contributed by atoms with E-state index >= 15 is 0 Å². The SMILES string of the molecule is CCCCCCCCCCOC(=O)CC[C@@H](C)[C@H]1CC[C@H]2[C@@]3(C)[C@H](C[C@H](OC(=O)CCN)[C@@]21C)[C@@]1(C)CC[C@@H](OC(=O)CCN)C[C@H]1C[C@H]3OC(=O)CCN. The Kier molecular flexibility index (Phi) is 17.3. The predicted molar refractivity (Wildman–Crippen MR) is 213 cm³/mol. The van der Waals surface area contributed by atoms with Gasteiger partial charge in [-0.2, -0.15) is 0 Å². The summed E-state index contributed by atoms with van der Waals surface area (Å²) >= 11 is 0. The van der Waals surface area contributed by atoms with E-state index < -0.39 is 10.8 Å². The Hall–Kier alpha value is -2.24. The summed E-state index contributed by atoms with van der Waals surface area (Å²) in [6, 6.07) is 0. The van der Waals surface area contributed by atoms with E-state index in [-0.39, 0.29) is 116 Å². The van der Waals surface area contributed by atoms with Crippen molar-refractivity contribution in [1.29, 1.82) is 0 Å². The summed E-state index contributed by atoms with van der Waals surface area (Å²) < 4.78 is 24.6. The second kappa shape index (κ2) is 21.0. The molecule has 11 heteroatoms. The fraction of sp³-hybridized carbons (Fsp3) is 0.909. The van der Waals surface area contributed by atoms with Crippen molar-refractivity contribution in [2.75, 3.05) is 26.2 Å². The van der Waals surface area contributed by atoms with Crippen LogP contribution in [0.4, 0.5) is 0 Å². The van der Waals surface area contributed by atoms with Gasteiger partial charge in [-0.15, -0.1) is 0 Å². The van der Waals surface area contributed by atoms with Crippen molar-refractivity contribution in [3.63, 3.8) is 0 Å². The first-order valence-corrected chi connectivity index (χ1v) is 22.1. The Morgan fingerprint density at radius 1 is 0.636 bits per heavy atom. The zero-order valence-corrected chi connectivity index (χ0v) is 35.1. The van der Waals surface area contributed by atoms with E-state index in [0.29, 0.717) is 38.7 Å². The molecular weight excluding hydrogens is 698 g/mol. The molecule has 4 aliphatic rings. The van der Waals surface area contributed by atoms with Crippen molar-refractivity contribution < 1.29 is 38.1 Å². The number of ether oxygens (including phenoxy) is 4. The topological polar surface area (TPSA) is 183 Å². The van der Waals surface area contributed by atoms with Gasteiger partial charge in [-0.1, -0.05) is 79.6 Å². The van der Waals surface area contributed by atoms with E-state index in [0.717, 1.165) is 38.5 Å². The molecule has 0 aromatic rings. The van der Waals surface area contributed by atoms with Crippen molar-refractivity contribution in [3.05, 3.63) is 0 Å². The quantitative estimate of drug-likeness (QED) is 0.0577. The molecule has 11 atom stereocenters. The Labute approximate surface area is 332 Å². The largest absolute Gasteiger partial charge is 0.466 e. The third kappa shape index (κ3) is 10.6. The van der Waals surface area contributed by atoms with Crippen molar-refractivity contribution >= 4 is 23.9 Å². The average Bonchev–Trinajstić information content (AvgIpc) is 3.51. The predicted octanol–water partition coefficient (Wildman–Crippen LogP) is 7.14. The molecule has 0 aromatic heterocycles. The van der Waals surface area contributed by atoms with Crippen LogP contribution in [-0.2, 0) is 38.1 Å². The smallest absolute Gasteiger partial charge is 0.307 e. The molecule has 0 saturated heterocycles. The van der Waals surface area contributed by atoms with Gasteiger partial charge < -0.3 is 36.1 Å². The third-order valence-electron chi connectivity index (χ3n) is 15.1. The molecule has 55 heavy (non-hydrogen) atoms. The summed E-state index contributed by atoms with van der Waals surface area (Å²) in [5, 5.41) is 0. The molecule has 0 unspecified atom stereocenters. The molecule has 6 N–H and O–H groups in total. The highest BCUT2D eigenvalue weighted by atomic mass is 16.6. The van der Waals surface area contributed by atoms with Crippen molar-refractivity contribution in [2.45, 2.75) is 181 Å². The molecule has 0 aliphatic heterocycles. The van der Waals surface area contributed by atoms with Gasteiger partial charge in [-0.25, -0.2) is 0 Å². The minimum atomic E-state index is -0.410. The van der Waals surface area contributed by atoms with Gasteiger partial charge in [0.25, 0.3) is 0 Å². The van der Waals surface area contributed by atoms with E-state index in [1.165, 1.54) is 38.5 Å². The molecule has 4 aliphatic carbocycles. The summed E-state index contributed by atoms with van der Waals surface area (Å²) in [6.45, 7) is 12.6. The van der Waals surface area contributed by atoms with E-state index in [4.69, 9.17) is 36.1 Å². The standard InChI is InChI=1S/C44H77N3O8/c1-6-7-8-9-10-11-12-13-26-52-38(48)17-14-30(2)33-15-16-34-43(33,4)37(55-41(51)21-25-47)29-35-42(3)22-18-32(53-39(49)19-23-45)27-31(42)28-36(44(34,35)5)54-40(50)20-24-46/h30-37H,6-29,45-47H2,1-5H3/t30-,31+,32-,33-,34-,35-,36-,37+,42+,43-,44+/m1/s1. The minimum Gasteiger partial charge on any atom is -0.466 e. The highest BCUT2D eigenvalue weighted by molar-refractivity contribution is 5.71. The van der Waals surface area contributed by atoms with Crippen LogP contribution in [0.25, 0.3) is 0 Å². The van der Waals surface area contributed by atoms with Crippen LogP contribution in [0.5, 0.6) is 0 Å². The van der Waals surface area contributed by atoms with Crippen molar-refractivity contribution in [2.24, 2.45) is 63.0 Å². The number of esters is 4. The van der Waals surface area contributed by atoms with Gasteiger partial charge in [0.1, 0.15) is 18.3 Å². The summed E-state index contributed by atoms with van der Waals surface area (Å²) in [4.78, 5) is 52.1. The highest BCUT2D eigenvalue weighted by Gasteiger charge is 2.72. The highest BCUT2D eigenvalue weighted by Crippen LogP contribution is 2.74. The minimum absolute atomic E-state index is 0.0873. The lowest BCUT2D eigenvalue weighted by Gasteiger charge is -2.68. The lowest BCUT2D eigenvalue weighted by molar-refractivity contribution is -0.261. The molecule has 11 nitrogen and oxygen atoms in total. The fourth-order valence-electron chi connectivity index (χ4n) is 12.2. The van der Waals surface area contributed by atoms with Crippen molar-refractivity contribution in [3.8, 4) is 0 Å². The van der Waals surface area contributed by atoms with Crippen LogP contribution in [0.15, 0.2) is 0 Å². The Balaban J connectivity index is 1.54. The first-order valence-electron chi connectivity index (χ1n) is 22.1. The number of fused-ring (bicyclic) bond motifs is 5. The van der Waals surface area contributed by atoms with E-state index in [2.05, 4.69) is 34.6 Å². The zero-order chi connectivity index (χ0) is 40.2. The second-order valence-corrected chi connectivity index (χ2v) is 18.4. The van der Waals surface area contributed by atoms with Crippen LogP contribution < -0.4 is 17.2 Å². The maximum Gasteiger partial charge on any atom is 0.307 e. The number of nitrogens with two attached hydrogens (primary N) is 3. The van der Waals surface area contributed by atoms with Crippen LogP contribution in [-0.4, -0.2) is 68.4 Å². The molecule has 0 heterocycles. The average molecular weight is 776 g/mol. The third-order valence-corrected chi connectivity index (χ3v) is 15.1. The van der Waals surface area contributed by atoms with Crippen LogP contribution in [0, 0.1) is 45.8 Å². The lowest BCUT2D eigenvalue weighted by atomic mass is 9.37. The van der Waals surface area contributed by atoms with E-state index in [9.17, 15) is 19.2 Å². The molecule has 4 saturated carbocycles. The van der Waals surface area contributed by atoms with Gasteiger partial charge in [0.15, 0.2) is 0 Å². The van der Waals surface area contributed by atoms with Gasteiger partial charge in [0, 0.05) is 36.9 Å². The van der Waals surface area contributed by atoms with Gasteiger partial charge in [0.05, 0.1) is 25.9 Å². The molecule has 316 valence electrons. The van der Waals surface area contributed by atoms with E-state index in [1.807, 2.05) is 0 Å². The van der Waals surface area contributed by atoms with E-state index in [1.54, 1.807) is 0 Å². The van der Waals surface area contributed by atoms with Gasteiger partial charge in [-0.05, 0) is 92.8 Å². The molecular formula is C44H77N3O8. The molecule has 0 radical (unpaired) electrons. The maximum absolute atomic E-state index is 13.3. The first kappa shape index (κ1) is 45.5. The summed E-state index contributed by atoms with van der Waals surface area (Å²) in [7, 11) is 0. The molecule has 0 bridgehead atoms. The number of unbranched alkanes of at least 4 members (excludes halogenated alkanes) is 7. The number of hydrogen-bond acceptors (Lipinski definition) is 11. The monoisotopic (exact) mass is 776 g/mol. The van der Waals surface area contributed by atoms with Crippen LogP contribution >= 0.6 is 0 Å². The normalized spacial score (nSPS) is 34.4. The maximum atomic E-state index is 13.3. The number of rotatable bonds is 22. The zero-order valence-electron chi connectivity index (χ0n) is 35.1. The number of hydrogen-bond donors (Lipinski definition) is 3. The molecule has 0 spiro atoms. The number of carbonyl (C=O) groups excluding carboxylic acids is 4. The van der Waals surface area contributed by atoms with Crippen molar-refractivity contribution in [1.82, 2.24) is 0 Å². The van der Waals surface area contributed by atoms with Gasteiger partial charge in [-0.3, -0.25) is 19.2 Å². The summed E-state index contributed by atoms with van der Waals surface area (Å²) in [5.74, 6) is -0.274. The number of carbonyl (C=O) groups is 4. The lowest BCUT2D eigenvalue weighted by Crippen LogP contribution is -2.68. The summed E-state index contributed by atoms with van der Waals surface area (Å²) in [5.41, 5.74) is 16.4. The van der Waals surface area contributed by atoms with Crippen LogP contribution in [0.3, 0.4) is 0 Å². The van der Waals surface area contributed by atoms with Crippen LogP contribution in [0.1, 0.15) is 163 Å². The molecule has 0 aromatic carbocycles.